The van der Waals surface area contributed by atoms with Crippen LogP contribution in [0.2, 0.25) is 0 Å². The number of nitrogens with zero attached hydrogens (tertiary/aromatic N) is 2. The Kier molecular flexibility index (Phi) is 5.60. The van der Waals surface area contributed by atoms with Crippen molar-refractivity contribution in [3.63, 3.8) is 0 Å². The first-order chi connectivity index (χ1) is 15.7. The summed E-state index contributed by atoms with van der Waals surface area (Å²) in [4.78, 5) is 32.5. The standard InChI is InChI=1S/C24H21N3O4S/c28-22(9-7-16-6-8-19-20(14-16)31-13-12-30-19)26-24-25-18-10-11-27(15-21(18)32-24)23(29)17-4-2-1-3-5-17/h1-9,14H,10-13,15H2,(H,25,26,28)/b9-7-. The van der Waals surface area contributed by atoms with Crippen LogP contribution in [-0.4, -0.2) is 41.5 Å². The van der Waals surface area contributed by atoms with Gasteiger partial charge in [-0.1, -0.05) is 35.6 Å². The molecule has 5 rings (SSSR count). The number of fused-ring (bicyclic) bond motifs is 2. The van der Waals surface area contributed by atoms with Crippen LogP contribution in [0, 0.1) is 0 Å². The minimum atomic E-state index is -0.261. The zero-order valence-corrected chi connectivity index (χ0v) is 18.1. The van der Waals surface area contributed by atoms with Gasteiger partial charge in [0, 0.05) is 29.5 Å². The molecule has 7 nitrogen and oxygen atoms in total. The van der Waals surface area contributed by atoms with Crippen molar-refractivity contribution in [2.24, 2.45) is 0 Å². The quantitative estimate of drug-likeness (QED) is 0.616. The SMILES string of the molecule is O=C(/C=C\c1ccc2c(c1)OCCO2)Nc1nc2c(s1)CN(C(=O)c1ccccc1)CC2. The Bertz CT molecular complexity index is 1190. The second kappa shape index (κ2) is 8.84. The van der Waals surface area contributed by atoms with E-state index in [0.717, 1.165) is 16.1 Å². The molecule has 0 bridgehead atoms. The van der Waals surface area contributed by atoms with Crippen LogP contribution in [0.3, 0.4) is 0 Å². The number of nitrogens with one attached hydrogen (secondary N) is 1. The van der Waals surface area contributed by atoms with Crippen molar-refractivity contribution in [2.75, 3.05) is 25.1 Å². The van der Waals surface area contributed by atoms with Crippen LogP contribution >= 0.6 is 11.3 Å². The molecule has 2 aromatic carbocycles. The molecule has 3 heterocycles. The van der Waals surface area contributed by atoms with Gasteiger partial charge in [0.15, 0.2) is 16.6 Å². The Balaban J connectivity index is 1.22. The van der Waals surface area contributed by atoms with Crippen molar-refractivity contribution in [3.8, 4) is 11.5 Å². The summed E-state index contributed by atoms with van der Waals surface area (Å²) >= 11 is 1.41. The van der Waals surface area contributed by atoms with Gasteiger partial charge in [-0.25, -0.2) is 4.98 Å². The van der Waals surface area contributed by atoms with Crippen molar-refractivity contribution < 1.29 is 19.1 Å². The largest absolute Gasteiger partial charge is 0.486 e. The second-order valence-corrected chi connectivity index (χ2v) is 8.54. The highest BCUT2D eigenvalue weighted by atomic mass is 32.1. The average Bonchev–Trinajstić information content (AvgIpc) is 3.24. The fraction of sp³-hybridized carbons (Fsp3) is 0.208. The Morgan fingerprint density at radius 1 is 1.06 bits per heavy atom. The molecule has 0 spiro atoms. The smallest absolute Gasteiger partial charge is 0.254 e. The molecule has 8 heteroatoms. The maximum Gasteiger partial charge on any atom is 0.254 e. The lowest BCUT2D eigenvalue weighted by atomic mass is 10.1. The summed E-state index contributed by atoms with van der Waals surface area (Å²) in [5.41, 5.74) is 2.47. The molecule has 0 unspecified atom stereocenters. The van der Waals surface area contributed by atoms with Gasteiger partial charge in [0.25, 0.3) is 5.91 Å². The summed E-state index contributed by atoms with van der Waals surface area (Å²) in [6, 6.07) is 14.8. The monoisotopic (exact) mass is 447 g/mol. The number of thiazole rings is 1. The van der Waals surface area contributed by atoms with Gasteiger partial charge in [-0.2, -0.15) is 0 Å². The Morgan fingerprint density at radius 2 is 1.88 bits per heavy atom. The second-order valence-electron chi connectivity index (χ2n) is 7.46. The van der Waals surface area contributed by atoms with Crippen LogP contribution in [0.25, 0.3) is 6.08 Å². The zero-order valence-electron chi connectivity index (χ0n) is 17.2. The van der Waals surface area contributed by atoms with E-state index >= 15 is 0 Å². The molecule has 0 aliphatic carbocycles. The number of benzene rings is 2. The highest BCUT2D eigenvalue weighted by Crippen LogP contribution is 2.31. The predicted molar refractivity (Wildman–Crippen MR) is 122 cm³/mol. The Hall–Kier alpha value is -3.65. The molecule has 1 N–H and O–H groups in total. The van der Waals surface area contributed by atoms with Crippen LogP contribution < -0.4 is 14.8 Å². The number of carbonyl (C=O) groups excluding carboxylic acids is 2. The molecular formula is C24H21N3O4S. The summed E-state index contributed by atoms with van der Waals surface area (Å²) in [6.07, 6.45) is 3.87. The molecule has 0 fully saturated rings. The molecule has 1 aromatic heterocycles. The lowest BCUT2D eigenvalue weighted by molar-refractivity contribution is -0.111. The fourth-order valence-electron chi connectivity index (χ4n) is 3.67. The van der Waals surface area contributed by atoms with E-state index in [1.807, 2.05) is 53.4 Å². The number of rotatable bonds is 4. The van der Waals surface area contributed by atoms with Crippen molar-refractivity contribution in [3.05, 3.63) is 76.3 Å². The van der Waals surface area contributed by atoms with E-state index in [9.17, 15) is 9.59 Å². The average molecular weight is 448 g/mol. The minimum absolute atomic E-state index is 0.0117. The van der Waals surface area contributed by atoms with Gasteiger partial charge in [-0.3, -0.25) is 14.9 Å². The molecule has 2 aliphatic rings. The van der Waals surface area contributed by atoms with Gasteiger partial charge in [0.05, 0.1) is 12.2 Å². The fourth-order valence-corrected chi connectivity index (χ4v) is 4.69. The molecule has 0 radical (unpaired) electrons. The third-order valence-electron chi connectivity index (χ3n) is 5.26. The Morgan fingerprint density at radius 3 is 2.72 bits per heavy atom. The van der Waals surface area contributed by atoms with E-state index in [2.05, 4.69) is 10.3 Å². The number of amides is 2. The maximum atomic E-state index is 12.7. The summed E-state index contributed by atoms with van der Waals surface area (Å²) in [5.74, 6) is 1.15. The maximum absolute atomic E-state index is 12.7. The van der Waals surface area contributed by atoms with E-state index in [1.165, 1.54) is 17.4 Å². The topological polar surface area (TPSA) is 80.8 Å². The third-order valence-corrected chi connectivity index (χ3v) is 6.26. The first-order valence-corrected chi connectivity index (χ1v) is 11.2. The molecule has 162 valence electrons. The lowest BCUT2D eigenvalue weighted by Gasteiger charge is -2.26. The van der Waals surface area contributed by atoms with Crippen LogP contribution in [0.1, 0.15) is 26.5 Å². The molecule has 0 saturated carbocycles. The van der Waals surface area contributed by atoms with Gasteiger partial charge in [0.1, 0.15) is 13.2 Å². The Labute approximate surface area is 189 Å². The van der Waals surface area contributed by atoms with Gasteiger partial charge in [-0.05, 0) is 35.9 Å². The number of ether oxygens (including phenoxy) is 2. The third kappa shape index (κ3) is 4.36. The van der Waals surface area contributed by atoms with Crippen molar-refractivity contribution >= 4 is 34.4 Å². The first-order valence-electron chi connectivity index (χ1n) is 10.4. The summed E-state index contributed by atoms with van der Waals surface area (Å²) < 4.78 is 11.1. The van der Waals surface area contributed by atoms with Gasteiger partial charge >= 0.3 is 0 Å². The molecular weight excluding hydrogens is 426 g/mol. The van der Waals surface area contributed by atoms with Gasteiger partial charge in [0.2, 0.25) is 5.91 Å². The first kappa shape index (κ1) is 20.3. The number of carbonyl (C=O) groups is 2. The normalized spacial score (nSPS) is 14.8. The summed E-state index contributed by atoms with van der Waals surface area (Å²) in [7, 11) is 0. The lowest BCUT2D eigenvalue weighted by Crippen LogP contribution is -2.35. The van der Waals surface area contributed by atoms with E-state index in [4.69, 9.17) is 9.47 Å². The highest BCUT2D eigenvalue weighted by molar-refractivity contribution is 7.15. The van der Waals surface area contributed by atoms with Crippen molar-refractivity contribution in [1.82, 2.24) is 9.88 Å². The van der Waals surface area contributed by atoms with Gasteiger partial charge in [-0.15, -0.1) is 0 Å². The zero-order chi connectivity index (χ0) is 21.9. The molecule has 0 saturated heterocycles. The van der Waals surface area contributed by atoms with Crippen molar-refractivity contribution in [2.45, 2.75) is 13.0 Å². The van der Waals surface area contributed by atoms with Gasteiger partial charge < -0.3 is 14.4 Å². The number of hydrogen-bond donors (Lipinski definition) is 1. The van der Waals surface area contributed by atoms with Crippen LogP contribution in [0.4, 0.5) is 5.13 Å². The van der Waals surface area contributed by atoms with Crippen LogP contribution in [-0.2, 0) is 17.8 Å². The number of hydrogen-bond acceptors (Lipinski definition) is 6. The summed E-state index contributed by atoms with van der Waals surface area (Å²) in [5, 5.41) is 3.37. The van der Waals surface area contributed by atoms with E-state index in [1.54, 1.807) is 6.08 Å². The van der Waals surface area contributed by atoms with Crippen molar-refractivity contribution in [1.29, 1.82) is 0 Å². The molecule has 32 heavy (non-hydrogen) atoms. The summed E-state index contributed by atoms with van der Waals surface area (Å²) in [6.45, 7) is 2.18. The number of aromatic nitrogens is 1. The molecule has 2 aliphatic heterocycles. The van der Waals surface area contributed by atoms with E-state index in [0.29, 0.717) is 54.9 Å². The predicted octanol–water partition coefficient (Wildman–Crippen LogP) is 3.76. The molecule has 3 aromatic rings. The van der Waals surface area contributed by atoms with E-state index in [-0.39, 0.29) is 11.8 Å². The highest BCUT2D eigenvalue weighted by Gasteiger charge is 2.25. The van der Waals surface area contributed by atoms with Crippen LogP contribution in [0.15, 0.2) is 54.6 Å². The minimum Gasteiger partial charge on any atom is -0.486 e. The van der Waals surface area contributed by atoms with E-state index < -0.39 is 0 Å². The number of anilines is 1. The molecule has 0 atom stereocenters. The van der Waals surface area contributed by atoms with Crippen LogP contribution in [0.5, 0.6) is 11.5 Å². The molecule has 2 amide bonds.